The van der Waals surface area contributed by atoms with Crippen LogP contribution >= 0.6 is 0 Å². The highest BCUT2D eigenvalue weighted by Crippen LogP contribution is 2.19. The van der Waals surface area contributed by atoms with Crippen LogP contribution in [0.4, 0.5) is 10.5 Å². The number of nitrogens with zero attached hydrogens (tertiary/aromatic N) is 1. The van der Waals surface area contributed by atoms with Crippen molar-refractivity contribution in [2.75, 3.05) is 19.0 Å². The summed E-state index contributed by atoms with van der Waals surface area (Å²) in [6.45, 7) is 0.319. The summed E-state index contributed by atoms with van der Waals surface area (Å²) in [5.41, 5.74) is 2.60. The molecule has 0 fully saturated rings. The molecule has 1 unspecified atom stereocenters. The summed E-state index contributed by atoms with van der Waals surface area (Å²) in [5, 5.41) is 12.4. The molecule has 0 bridgehead atoms. The Morgan fingerprint density at radius 2 is 2.12 bits per heavy atom. The first-order valence-corrected chi connectivity index (χ1v) is 7.46. The highest BCUT2D eigenvalue weighted by molar-refractivity contribution is 5.89. The predicted molar refractivity (Wildman–Crippen MR) is 89.5 cm³/mol. The molecule has 1 atom stereocenters. The van der Waals surface area contributed by atoms with Gasteiger partial charge in [0.05, 0.1) is 18.6 Å². The maximum atomic E-state index is 12.2. The number of hydrogen-bond acceptors (Lipinski definition) is 4. The second kappa shape index (κ2) is 7.47. The molecule has 0 saturated carbocycles. The minimum Gasteiger partial charge on any atom is -0.467 e. The number of aromatic amines is 1. The van der Waals surface area contributed by atoms with E-state index in [2.05, 4.69) is 20.8 Å². The molecular weight excluding hydrogens is 308 g/mol. The highest BCUT2D eigenvalue weighted by Gasteiger charge is 2.17. The van der Waals surface area contributed by atoms with Gasteiger partial charge in [-0.15, -0.1) is 0 Å². The van der Waals surface area contributed by atoms with E-state index in [4.69, 9.17) is 9.15 Å². The van der Waals surface area contributed by atoms with Gasteiger partial charge in [0, 0.05) is 19.0 Å². The Hall–Kier alpha value is -3.06. The predicted octanol–water partition coefficient (Wildman–Crippen LogP) is 3.18. The number of carbonyl (C=O) groups is 1. The first-order chi connectivity index (χ1) is 11.8. The Bertz CT molecular complexity index is 752. The number of aromatic nitrogens is 2. The number of carbonyl (C=O) groups excluding carboxylic acids is 1. The van der Waals surface area contributed by atoms with Crippen molar-refractivity contribution < 1.29 is 13.9 Å². The summed E-state index contributed by atoms with van der Waals surface area (Å²) in [6.07, 6.45) is 3.26. The van der Waals surface area contributed by atoms with E-state index in [1.54, 1.807) is 31.7 Å². The Balaban J connectivity index is 1.61. The van der Waals surface area contributed by atoms with Crippen molar-refractivity contribution in [3.05, 3.63) is 60.7 Å². The van der Waals surface area contributed by atoms with E-state index in [1.807, 2.05) is 30.3 Å². The summed E-state index contributed by atoms with van der Waals surface area (Å²) in [5.74, 6) is 0.640. The molecule has 124 valence electrons. The molecule has 2 amide bonds. The van der Waals surface area contributed by atoms with Gasteiger partial charge in [0.1, 0.15) is 11.8 Å². The van der Waals surface area contributed by atoms with Gasteiger partial charge in [-0.2, -0.15) is 5.10 Å². The normalized spacial score (nSPS) is 11.9. The molecule has 24 heavy (non-hydrogen) atoms. The van der Waals surface area contributed by atoms with Gasteiger partial charge in [0.25, 0.3) is 0 Å². The summed E-state index contributed by atoms with van der Waals surface area (Å²) in [6, 6.07) is 12.2. The van der Waals surface area contributed by atoms with E-state index in [0.717, 1.165) is 11.3 Å². The topological polar surface area (TPSA) is 92.2 Å². The van der Waals surface area contributed by atoms with Crippen molar-refractivity contribution in [2.24, 2.45) is 0 Å². The van der Waals surface area contributed by atoms with E-state index in [-0.39, 0.29) is 12.1 Å². The zero-order valence-corrected chi connectivity index (χ0v) is 13.2. The summed E-state index contributed by atoms with van der Waals surface area (Å²) in [4.78, 5) is 12.2. The van der Waals surface area contributed by atoms with Crippen molar-refractivity contribution in [3.8, 4) is 11.3 Å². The van der Waals surface area contributed by atoms with Gasteiger partial charge in [0.15, 0.2) is 0 Å². The molecule has 1 aromatic carbocycles. The standard InChI is InChI=1S/C17H18N4O3/c1-23-11-15(16-3-2-10-24-16)20-17(22)19-13-6-4-12(5-7-13)14-8-9-18-21-14/h2-10,15H,11H2,1H3,(H,18,21)(H2,19,20,22). The van der Waals surface area contributed by atoms with Crippen LogP contribution in [0.5, 0.6) is 0 Å². The van der Waals surface area contributed by atoms with Gasteiger partial charge in [0.2, 0.25) is 0 Å². The monoisotopic (exact) mass is 326 g/mol. The van der Waals surface area contributed by atoms with Crippen LogP contribution in [-0.2, 0) is 4.74 Å². The number of furan rings is 1. The zero-order valence-electron chi connectivity index (χ0n) is 13.2. The van der Waals surface area contributed by atoms with E-state index in [9.17, 15) is 4.79 Å². The lowest BCUT2D eigenvalue weighted by molar-refractivity contribution is 0.159. The number of methoxy groups -OCH3 is 1. The van der Waals surface area contributed by atoms with Gasteiger partial charge >= 0.3 is 6.03 Å². The fourth-order valence-electron chi connectivity index (χ4n) is 2.33. The number of anilines is 1. The number of rotatable bonds is 6. The number of benzene rings is 1. The summed E-state index contributed by atoms with van der Waals surface area (Å²) < 4.78 is 10.4. The van der Waals surface area contributed by atoms with Crippen LogP contribution in [0.1, 0.15) is 11.8 Å². The van der Waals surface area contributed by atoms with Crippen LogP contribution in [0.25, 0.3) is 11.3 Å². The second-order valence-electron chi connectivity index (χ2n) is 5.17. The van der Waals surface area contributed by atoms with Crippen LogP contribution in [0, 0.1) is 0 Å². The van der Waals surface area contributed by atoms with Gasteiger partial charge in [-0.1, -0.05) is 12.1 Å². The number of nitrogens with one attached hydrogen (secondary N) is 3. The molecule has 0 spiro atoms. The van der Waals surface area contributed by atoms with E-state index in [0.29, 0.717) is 18.1 Å². The third kappa shape index (κ3) is 3.82. The zero-order chi connectivity index (χ0) is 16.8. The van der Waals surface area contributed by atoms with Crippen molar-refractivity contribution >= 4 is 11.7 Å². The Morgan fingerprint density at radius 1 is 1.29 bits per heavy atom. The average molecular weight is 326 g/mol. The fourth-order valence-corrected chi connectivity index (χ4v) is 2.33. The van der Waals surface area contributed by atoms with Gasteiger partial charge in [-0.25, -0.2) is 4.79 Å². The van der Waals surface area contributed by atoms with Crippen molar-refractivity contribution in [1.82, 2.24) is 15.5 Å². The quantitative estimate of drug-likeness (QED) is 0.648. The van der Waals surface area contributed by atoms with Crippen molar-refractivity contribution in [2.45, 2.75) is 6.04 Å². The van der Waals surface area contributed by atoms with Crippen LogP contribution in [0.2, 0.25) is 0 Å². The molecule has 0 radical (unpaired) electrons. The Kier molecular flexibility index (Phi) is 4.93. The molecular formula is C17H18N4O3. The number of hydrogen-bond donors (Lipinski definition) is 3. The van der Waals surface area contributed by atoms with Gasteiger partial charge in [-0.05, 0) is 35.9 Å². The summed E-state index contributed by atoms with van der Waals surface area (Å²) >= 11 is 0. The minimum atomic E-state index is -0.353. The van der Waals surface area contributed by atoms with E-state index < -0.39 is 0 Å². The van der Waals surface area contributed by atoms with Gasteiger partial charge in [-0.3, -0.25) is 5.10 Å². The average Bonchev–Trinajstić information content (AvgIpc) is 3.29. The van der Waals surface area contributed by atoms with Crippen LogP contribution in [0.3, 0.4) is 0 Å². The van der Waals surface area contributed by atoms with Crippen molar-refractivity contribution in [1.29, 1.82) is 0 Å². The molecule has 3 rings (SSSR count). The van der Waals surface area contributed by atoms with Crippen LogP contribution in [-0.4, -0.2) is 29.9 Å². The third-order valence-electron chi connectivity index (χ3n) is 3.48. The Morgan fingerprint density at radius 3 is 2.75 bits per heavy atom. The molecule has 0 aliphatic carbocycles. The largest absolute Gasteiger partial charge is 0.467 e. The maximum absolute atomic E-state index is 12.2. The SMILES string of the molecule is COCC(NC(=O)Nc1ccc(-c2ccn[nH]2)cc1)c1ccco1. The molecule has 7 nitrogen and oxygen atoms in total. The second-order valence-corrected chi connectivity index (χ2v) is 5.17. The molecule has 3 N–H and O–H groups in total. The smallest absolute Gasteiger partial charge is 0.319 e. The number of amides is 2. The number of H-pyrrole nitrogens is 1. The Labute approximate surface area is 139 Å². The lowest BCUT2D eigenvalue weighted by Gasteiger charge is -2.16. The van der Waals surface area contributed by atoms with E-state index >= 15 is 0 Å². The van der Waals surface area contributed by atoms with Crippen LogP contribution in [0.15, 0.2) is 59.3 Å². The lowest BCUT2D eigenvalue weighted by atomic mass is 10.1. The molecule has 7 heteroatoms. The molecule has 3 aromatic rings. The van der Waals surface area contributed by atoms with Crippen molar-refractivity contribution in [3.63, 3.8) is 0 Å². The maximum Gasteiger partial charge on any atom is 0.319 e. The fraction of sp³-hybridized carbons (Fsp3) is 0.176. The minimum absolute atomic E-state index is 0.319. The lowest BCUT2D eigenvalue weighted by Crippen LogP contribution is -2.34. The van der Waals surface area contributed by atoms with E-state index in [1.165, 1.54) is 0 Å². The molecule has 0 aliphatic rings. The highest BCUT2D eigenvalue weighted by atomic mass is 16.5. The molecule has 0 aliphatic heterocycles. The first kappa shape index (κ1) is 15.8. The molecule has 0 saturated heterocycles. The summed E-state index contributed by atoms with van der Waals surface area (Å²) in [7, 11) is 1.57. The molecule has 2 heterocycles. The van der Waals surface area contributed by atoms with Crippen LogP contribution < -0.4 is 10.6 Å². The first-order valence-electron chi connectivity index (χ1n) is 7.46. The molecule has 2 aromatic heterocycles. The number of urea groups is 1. The third-order valence-corrected chi connectivity index (χ3v) is 3.48. The number of ether oxygens (including phenoxy) is 1. The van der Waals surface area contributed by atoms with Gasteiger partial charge < -0.3 is 19.8 Å².